The summed E-state index contributed by atoms with van der Waals surface area (Å²) < 4.78 is 38.9. The van der Waals surface area contributed by atoms with Gasteiger partial charge in [-0.2, -0.15) is 13.2 Å². The van der Waals surface area contributed by atoms with Gasteiger partial charge in [-0.25, -0.2) is 4.79 Å². The van der Waals surface area contributed by atoms with Crippen molar-refractivity contribution in [2.45, 2.75) is 77.2 Å². The molecule has 0 saturated heterocycles. The summed E-state index contributed by atoms with van der Waals surface area (Å²) in [4.78, 5) is 11.8. The molecule has 1 saturated carbocycles. The van der Waals surface area contributed by atoms with Gasteiger partial charge >= 0.3 is 12.2 Å². The van der Waals surface area contributed by atoms with Crippen molar-refractivity contribution in [1.82, 2.24) is 10.6 Å². The van der Waals surface area contributed by atoms with Gasteiger partial charge in [-0.1, -0.05) is 20.8 Å². The van der Waals surface area contributed by atoms with Crippen LogP contribution in [-0.2, 0) is 0 Å². The monoisotopic (exact) mass is 310 g/mol. The third kappa shape index (κ3) is 7.02. The van der Waals surface area contributed by atoms with Gasteiger partial charge < -0.3 is 15.7 Å². The summed E-state index contributed by atoms with van der Waals surface area (Å²) >= 11 is 0. The number of alkyl halides is 3. The highest BCUT2D eigenvalue weighted by atomic mass is 19.4. The van der Waals surface area contributed by atoms with Gasteiger partial charge in [0.15, 0.2) is 0 Å². The highest BCUT2D eigenvalue weighted by Crippen LogP contribution is 2.30. The van der Waals surface area contributed by atoms with Gasteiger partial charge in [0.25, 0.3) is 0 Å². The lowest BCUT2D eigenvalue weighted by atomic mass is 9.88. The Morgan fingerprint density at radius 2 is 1.71 bits per heavy atom. The summed E-state index contributed by atoms with van der Waals surface area (Å²) in [5.74, 6) is 0. The molecule has 4 nitrogen and oxygen atoms in total. The first-order chi connectivity index (χ1) is 9.47. The van der Waals surface area contributed by atoms with E-state index < -0.39 is 23.7 Å². The third-order valence-electron chi connectivity index (χ3n) is 3.55. The maximum Gasteiger partial charge on any atom is 0.408 e. The molecule has 2 amide bonds. The fourth-order valence-corrected chi connectivity index (χ4v) is 2.47. The number of aliphatic hydroxyl groups excluding tert-OH is 1. The number of carbonyl (C=O) groups is 1. The van der Waals surface area contributed by atoms with E-state index in [1.165, 1.54) is 0 Å². The molecule has 1 unspecified atom stereocenters. The molecule has 1 aliphatic rings. The van der Waals surface area contributed by atoms with E-state index in [-0.39, 0.29) is 18.6 Å². The fraction of sp³-hybridized carbons (Fsp3) is 0.929. The third-order valence-corrected chi connectivity index (χ3v) is 3.55. The Kier molecular flexibility index (Phi) is 5.90. The Morgan fingerprint density at radius 3 is 2.14 bits per heavy atom. The van der Waals surface area contributed by atoms with Crippen molar-refractivity contribution in [3.8, 4) is 0 Å². The largest absolute Gasteiger partial charge is 0.408 e. The number of urea groups is 1. The number of rotatable bonds is 3. The van der Waals surface area contributed by atoms with E-state index in [0.29, 0.717) is 25.7 Å². The van der Waals surface area contributed by atoms with E-state index in [4.69, 9.17) is 0 Å². The first kappa shape index (κ1) is 18.1. The molecule has 0 heterocycles. The smallest absolute Gasteiger partial charge is 0.393 e. The Bertz CT molecular complexity index is 345. The van der Waals surface area contributed by atoms with Gasteiger partial charge in [0.1, 0.15) is 6.04 Å². The molecule has 0 aromatic heterocycles. The van der Waals surface area contributed by atoms with Gasteiger partial charge in [-0.15, -0.1) is 0 Å². The van der Waals surface area contributed by atoms with Crippen LogP contribution >= 0.6 is 0 Å². The second-order valence-electron chi connectivity index (χ2n) is 6.98. The molecule has 124 valence electrons. The summed E-state index contributed by atoms with van der Waals surface area (Å²) in [6.07, 6.45) is -2.70. The quantitative estimate of drug-likeness (QED) is 0.750. The summed E-state index contributed by atoms with van der Waals surface area (Å²) in [7, 11) is 0. The highest BCUT2D eigenvalue weighted by molar-refractivity contribution is 5.74. The molecule has 7 heteroatoms. The second-order valence-corrected chi connectivity index (χ2v) is 6.98. The van der Waals surface area contributed by atoms with Crippen LogP contribution in [0, 0.1) is 5.41 Å². The normalized spacial score (nSPS) is 25.3. The van der Waals surface area contributed by atoms with E-state index >= 15 is 0 Å². The second kappa shape index (κ2) is 6.85. The maximum atomic E-state index is 13.0. The molecule has 0 aliphatic heterocycles. The topological polar surface area (TPSA) is 61.4 Å². The molecular formula is C14H25F3N2O2. The van der Waals surface area contributed by atoms with Crippen molar-refractivity contribution in [2.75, 3.05) is 0 Å². The van der Waals surface area contributed by atoms with Crippen molar-refractivity contribution in [2.24, 2.45) is 5.41 Å². The maximum absolute atomic E-state index is 13.0. The lowest BCUT2D eigenvalue weighted by Crippen LogP contribution is -2.53. The minimum atomic E-state index is -4.46. The van der Waals surface area contributed by atoms with Crippen LogP contribution in [0.15, 0.2) is 0 Å². The van der Waals surface area contributed by atoms with Crippen LogP contribution in [0.5, 0.6) is 0 Å². The van der Waals surface area contributed by atoms with E-state index in [1.54, 1.807) is 20.8 Å². The summed E-state index contributed by atoms with van der Waals surface area (Å²) in [6, 6.07) is -2.81. The Balaban J connectivity index is 2.52. The minimum absolute atomic E-state index is 0.170. The van der Waals surface area contributed by atoms with Gasteiger partial charge in [0.05, 0.1) is 6.10 Å². The SMILES string of the molecule is CC(C)(C)CC(NC(=O)NC1CCC(O)CC1)C(F)(F)F. The minimum Gasteiger partial charge on any atom is -0.393 e. The average molecular weight is 310 g/mol. The number of halogens is 3. The lowest BCUT2D eigenvalue weighted by molar-refractivity contribution is -0.159. The molecule has 0 radical (unpaired) electrons. The highest BCUT2D eigenvalue weighted by Gasteiger charge is 2.42. The number of carbonyl (C=O) groups excluding carboxylic acids is 1. The molecule has 0 bridgehead atoms. The summed E-state index contributed by atoms with van der Waals surface area (Å²) in [5.41, 5.74) is -0.539. The molecule has 0 aromatic carbocycles. The fourth-order valence-electron chi connectivity index (χ4n) is 2.47. The summed E-state index contributed by atoms with van der Waals surface area (Å²) in [5, 5.41) is 14.0. The Hall–Kier alpha value is -0.980. The lowest BCUT2D eigenvalue weighted by Gasteiger charge is -2.30. The zero-order valence-corrected chi connectivity index (χ0v) is 12.8. The number of aliphatic hydroxyl groups is 1. The van der Waals surface area contributed by atoms with Gasteiger partial charge in [-0.05, 0) is 37.5 Å². The van der Waals surface area contributed by atoms with Gasteiger partial charge in [0, 0.05) is 6.04 Å². The zero-order valence-electron chi connectivity index (χ0n) is 12.8. The van der Waals surface area contributed by atoms with Crippen LogP contribution in [0.2, 0.25) is 0 Å². The molecule has 1 aliphatic carbocycles. The van der Waals surface area contributed by atoms with Crippen molar-refractivity contribution in [3.63, 3.8) is 0 Å². The van der Waals surface area contributed by atoms with E-state index in [2.05, 4.69) is 5.32 Å². The van der Waals surface area contributed by atoms with Crippen LogP contribution in [0.1, 0.15) is 52.9 Å². The Labute approximate surface area is 123 Å². The Morgan fingerprint density at radius 1 is 1.19 bits per heavy atom. The van der Waals surface area contributed by atoms with Crippen LogP contribution in [0.4, 0.5) is 18.0 Å². The molecule has 1 atom stereocenters. The van der Waals surface area contributed by atoms with Crippen molar-refractivity contribution in [3.05, 3.63) is 0 Å². The van der Waals surface area contributed by atoms with Crippen molar-refractivity contribution in [1.29, 1.82) is 0 Å². The molecule has 0 spiro atoms. The predicted octanol–water partition coefficient (Wildman–Crippen LogP) is 2.96. The zero-order chi connectivity index (χ0) is 16.3. The molecule has 0 aromatic rings. The standard InChI is InChI=1S/C14H25F3N2O2/c1-13(2,3)8-11(14(15,16)17)19-12(21)18-9-4-6-10(20)7-5-9/h9-11,20H,4-8H2,1-3H3,(H2,18,19,21). The molecular weight excluding hydrogens is 285 g/mol. The van der Waals surface area contributed by atoms with Crippen LogP contribution < -0.4 is 10.6 Å². The molecule has 3 N–H and O–H groups in total. The molecule has 21 heavy (non-hydrogen) atoms. The van der Waals surface area contributed by atoms with Gasteiger partial charge in [-0.3, -0.25) is 0 Å². The first-order valence-electron chi connectivity index (χ1n) is 7.29. The number of nitrogens with one attached hydrogen (secondary N) is 2. The number of hydrogen-bond acceptors (Lipinski definition) is 2. The predicted molar refractivity (Wildman–Crippen MR) is 73.8 cm³/mol. The van der Waals surface area contributed by atoms with Crippen LogP contribution in [0.3, 0.4) is 0 Å². The van der Waals surface area contributed by atoms with Crippen LogP contribution in [-0.4, -0.2) is 35.5 Å². The van der Waals surface area contributed by atoms with Crippen LogP contribution in [0.25, 0.3) is 0 Å². The van der Waals surface area contributed by atoms with Crippen molar-refractivity contribution < 1.29 is 23.1 Å². The van der Waals surface area contributed by atoms with E-state index in [1.807, 2.05) is 5.32 Å². The van der Waals surface area contributed by atoms with Gasteiger partial charge in [0.2, 0.25) is 0 Å². The van der Waals surface area contributed by atoms with Crippen molar-refractivity contribution >= 4 is 6.03 Å². The first-order valence-corrected chi connectivity index (χ1v) is 7.29. The average Bonchev–Trinajstić information content (AvgIpc) is 2.28. The molecule has 1 fully saturated rings. The summed E-state index contributed by atoms with van der Waals surface area (Å²) in [6.45, 7) is 5.11. The number of hydrogen-bond donors (Lipinski definition) is 3. The number of amides is 2. The van der Waals surface area contributed by atoms with E-state index in [0.717, 1.165) is 0 Å². The molecule has 1 rings (SSSR count). The van der Waals surface area contributed by atoms with E-state index in [9.17, 15) is 23.1 Å².